The number of fused-ring (bicyclic) bond motifs is 4. The molecule has 1 amide bonds. The minimum atomic E-state index is -0.136. The van der Waals surface area contributed by atoms with Gasteiger partial charge in [0.15, 0.2) is 0 Å². The quantitative estimate of drug-likeness (QED) is 0.570. The van der Waals surface area contributed by atoms with E-state index in [1.807, 2.05) is 41.9 Å². The van der Waals surface area contributed by atoms with Gasteiger partial charge < -0.3 is 14.5 Å². The summed E-state index contributed by atoms with van der Waals surface area (Å²) in [4.78, 5) is 26.3. The Morgan fingerprint density at radius 1 is 1.07 bits per heavy atom. The second-order valence-corrected chi connectivity index (χ2v) is 7.88. The number of carbonyl (C=O) groups excluding carboxylic acids is 1. The summed E-state index contributed by atoms with van der Waals surface area (Å²) >= 11 is 0. The van der Waals surface area contributed by atoms with Crippen LogP contribution in [-0.2, 0) is 20.5 Å². The van der Waals surface area contributed by atoms with Gasteiger partial charge in [-0.3, -0.25) is 9.59 Å². The highest BCUT2D eigenvalue weighted by Crippen LogP contribution is 2.32. The highest BCUT2D eigenvalue weighted by atomic mass is 16.2. The summed E-state index contributed by atoms with van der Waals surface area (Å²) in [5.74, 6) is -0.136. The third kappa shape index (κ3) is 2.69. The largest absolute Gasteiger partial charge is 0.345 e. The fraction of sp³-hybridized carbons (Fsp3) is 0.250. The molecule has 2 aromatic heterocycles. The summed E-state index contributed by atoms with van der Waals surface area (Å²) in [6.45, 7) is 0. The van der Waals surface area contributed by atoms with Crippen LogP contribution in [0.15, 0.2) is 59.5 Å². The molecule has 146 valence electrons. The predicted molar refractivity (Wildman–Crippen MR) is 115 cm³/mol. The zero-order valence-electron chi connectivity index (χ0n) is 16.6. The van der Waals surface area contributed by atoms with Crippen LogP contribution in [0.3, 0.4) is 0 Å². The Morgan fingerprint density at radius 3 is 2.69 bits per heavy atom. The summed E-state index contributed by atoms with van der Waals surface area (Å²) in [5.41, 5.74) is 4.46. The number of benzene rings is 2. The van der Waals surface area contributed by atoms with Crippen LogP contribution < -0.4 is 10.9 Å². The van der Waals surface area contributed by atoms with Gasteiger partial charge in [-0.25, -0.2) is 0 Å². The van der Waals surface area contributed by atoms with Crippen molar-refractivity contribution in [2.45, 2.75) is 25.3 Å². The van der Waals surface area contributed by atoms with E-state index in [2.05, 4.69) is 23.5 Å². The number of rotatable bonds is 2. The Kier molecular flexibility index (Phi) is 4.05. The van der Waals surface area contributed by atoms with Crippen LogP contribution in [0.1, 0.15) is 40.4 Å². The topological polar surface area (TPSA) is 56.0 Å². The Labute approximate surface area is 168 Å². The van der Waals surface area contributed by atoms with Crippen LogP contribution in [0.4, 0.5) is 0 Å². The lowest BCUT2D eigenvalue weighted by Crippen LogP contribution is -2.32. The van der Waals surface area contributed by atoms with Gasteiger partial charge in [-0.15, -0.1) is 0 Å². The van der Waals surface area contributed by atoms with Crippen LogP contribution in [0, 0.1) is 0 Å². The van der Waals surface area contributed by atoms with Gasteiger partial charge in [0.05, 0.1) is 11.6 Å². The zero-order chi connectivity index (χ0) is 20.1. The van der Waals surface area contributed by atoms with Crippen LogP contribution >= 0.6 is 0 Å². The van der Waals surface area contributed by atoms with Gasteiger partial charge in [0.1, 0.15) is 5.52 Å². The first-order valence-corrected chi connectivity index (χ1v) is 10.0. The molecule has 1 N–H and O–H groups in total. The van der Waals surface area contributed by atoms with E-state index in [4.69, 9.17) is 0 Å². The summed E-state index contributed by atoms with van der Waals surface area (Å²) in [5, 5.41) is 4.90. The number of nitrogens with one attached hydrogen (secondary N) is 1. The molecule has 0 radical (unpaired) electrons. The summed E-state index contributed by atoms with van der Waals surface area (Å²) in [7, 11) is 3.58. The van der Waals surface area contributed by atoms with Crippen molar-refractivity contribution in [2.75, 3.05) is 0 Å². The smallest absolute Gasteiger partial charge is 0.274 e. The second-order valence-electron chi connectivity index (χ2n) is 7.88. The van der Waals surface area contributed by atoms with Gasteiger partial charge in [-0.1, -0.05) is 42.5 Å². The van der Waals surface area contributed by atoms with Crippen molar-refractivity contribution in [2.24, 2.45) is 14.1 Å². The molecule has 2 heterocycles. The highest BCUT2D eigenvalue weighted by Gasteiger charge is 2.25. The maximum absolute atomic E-state index is 13.4. The lowest BCUT2D eigenvalue weighted by atomic mass is 9.87. The van der Waals surface area contributed by atoms with Crippen molar-refractivity contribution in [3.8, 4) is 0 Å². The van der Waals surface area contributed by atoms with Crippen molar-refractivity contribution < 1.29 is 4.79 Å². The number of para-hydroxylation sites is 1. The van der Waals surface area contributed by atoms with Gasteiger partial charge in [0.2, 0.25) is 0 Å². The first kappa shape index (κ1) is 17.7. The van der Waals surface area contributed by atoms with Crippen molar-refractivity contribution in [1.29, 1.82) is 0 Å². The normalized spacial score (nSPS) is 16.1. The van der Waals surface area contributed by atoms with Gasteiger partial charge in [-0.05, 0) is 36.5 Å². The second kappa shape index (κ2) is 6.62. The minimum absolute atomic E-state index is 0.00490. The Balaban J connectivity index is 1.66. The first-order valence-electron chi connectivity index (χ1n) is 10.0. The lowest BCUT2D eigenvalue weighted by molar-refractivity contribution is 0.0933. The average Bonchev–Trinajstić information content (AvgIpc) is 3.04. The molecule has 0 fully saturated rings. The molecule has 5 nitrogen and oxygen atoms in total. The van der Waals surface area contributed by atoms with E-state index in [1.54, 1.807) is 13.2 Å². The third-order valence-electron chi connectivity index (χ3n) is 6.14. The fourth-order valence-corrected chi connectivity index (χ4v) is 4.71. The lowest BCUT2D eigenvalue weighted by Gasteiger charge is -2.26. The van der Waals surface area contributed by atoms with E-state index in [9.17, 15) is 9.59 Å². The third-order valence-corrected chi connectivity index (χ3v) is 6.14. The van der Waals surface area contributed by atoms with Crippen molar-refractivity contribution in [3.05, 3.63) is 81.8 Å². The molecule has 1 aliphatic rings. The number of carbonyl (C=O) groups is 1. The molecule has 4 aromatic rings. The van der Waals surface area contributed by atoms with Crippen LogP contribution in [0.2, 0.25) is 0 Å². The number of nitrogens with zero attached hydrogens (tertiary/aromatic N) is 2. The van der Waals surface area contributed by atoms with Gasteiger partial charge in [0, 0.05) is 36.6 Å². The molecule has 0 aliphatic heterocycles. The molecule has 2 aromatic carbocycles. The number of pyridine rings is 1. The molecular formula is C24H23N3O2. The molecule has 5 rings (SSSR count). The molecule has 0 spiro atoms. The summed E-state index contributed by atoms with van der Waals surface area (Å²) in [6.07, 6.45) is 4.70. The monoisotopic (exact) mass is 385 g/mol. The number of aromatic nitrogens is 2. The molecule has 1 unspecified atom stereocenters. The van der Waals surface area contributed by atoms with Gasteiger partial charge in [0.25, 0.3) is 11.5 Å². The van der Waals surface area contributed by atoms with Crippen molar-refractivity contribution >= 4 is 27.7 Å². The maximum atomic E-state index is 13.4. The zero-order valence-corrected chi connectivity index (χ0v) is 16.6. The Morgan fingerprint density at radius 2 is 1.83 bits per heavy atom. The summed E-state index contributed by atoms with van der Waals surface area (Å²) < 4.78 is 3.39. The Bertz CT molecular complexity index is 1330. The van der Waals surface area contributed by atoms with Gasteiger partial charge >= 0.3 is 0 Å². The molecular weight excluding hydrogens is 362 g/mol. The predicted octanol–water partition coefficient (Wildman–Crippen LogP) is 3.84. The standard InChI is InChI=1S/C24H23N3O2/c1-26-14-18(21-17-11-5-6-13-20(17)27(2)22(21)24(26)29)23(28)25-19-12-7-9-15-8-3-4-10-16(15)19/h3-6,8,10-11,13-14,19H,7,9,12H2,1-2H3,(H,25,28). The number of aryl methyl sites for hydroxylation is 3. The summed E-state index contributed by atoms with van der Waals surface area (Å²) in [6, 6.07) is 16.2. The average molecular weight is 385 g/mol. The highest BCUT2D eigenvalue weighted by molar-refractivity contribution is 6.17. The molecule has 0 saturated heterocycles. The SMILES string of the molecule is Cn1cc(C(=O)NC2CCCc3ccccc32)c2c3ccccc3n(C)c2c1=O. The van der Waals surface area contributed by atoms with Crippen LogP contribution in [0.25, 0.3) is 21.8 Å². The number of hydrogen-bond acceptors (Lipinski definition) is 2. The van der Waals surface area contributed by atoms with Crippen molar-refractivity contribution in [1.82, 2.24) is 14.5 Å². The van der Waals surface area contributed by atoms with Gasteiger partial charge in [-0.2, -0.15) is 0 Å². The molecule has 5 heteroatoms. The molecule has 29 heavy (non-hydrogen) atoms. The fourth-order valence-electron chi connectivity index (χ4n) is 4.71. The van der Waals surface area contributed by atoms with E-state index in [-0.39, 0.29) is 17.5 Å². The number of hydrogen-bond donors (Lipinski definition) is 1. The van der Waals surface area contributed by atoms with Crippen LogP contribution in [-0.4, -0.2) is 15.0 Å². The van der Waals surface area contributed by atoms with Crippen molar-refractivity contribution in [3.63, 3.8) is 0 Å². The molecule has 0 bridgehead atoms. The van der Waals surface area contributed by atoms with E-state index < -0.39 is 0 Å². The minimum Gasteiger partial charge on any atom is -0.345 e. The molecule has 1 aliphatic carbocycles. The number of amides is 1. The maximum Gasteiger partial charge on any atom is 0.274 e. The van der Waals surface area contributed by atoms with E-state index >= 15 is 0 Å². The Hall–Kier alpha value is -3.34. The molecule has 1 atom stereocenters. The van der Waals surface area contributed by atoms with E-state index in [0.717, 1.165) is 35.6 Å². The molecule has 0 saturated carbocycles. The van der Waals surface area contributed by atoms with E-state index in [1.165, 1.54) is 15.7 Å². The first-order chi connectivity index (χ1) is 14.1. The van der Waals surface area contributed by atoms with E-state index in [0.29, 0.717) is 11.1 Å². The van der Waals surface area contributed by atoms with Crippen LogP contribution in [0.5, 0.6) is 0 Å².